The number of benzene rings is 3. The van der Waals surface area contributed by atoms with E-state index in [9.17, 15) is 9.59 Å². The molecule has 6 nitrogen and oxygen atoms in total. The van der Waals surface area contributed by atoms with Crippen molar-refractivity contribution >= 4 is 18.1 Å². The minimum atomic E-state index is -0.629. The molecule has 0 unspecified atom stereocenters. The van der Waals surface area contributed by atoms with Gasteiger partial charge in [-0.2, -0.15) is 0 Å². The fourth-order valence-corrected chi connectivity index (χ4v) is 4.72. The lowest BCUT2D eigenvalue weighted by molar-refractivity contribution is -0.125. The Morgan fingerprint density at radius 1 is 0.971 bits per heavy atom. The lowest BCUT2D eigenvalue weighted by Crippen LogP contribution is -2.34. The van der Waals surface area contributed by atoms with Gasteiger partial charge in [0.2, 0.25) is 0 Å². The summed E-state index contributed by atoms with van der Waals surface area (Å²) in [5.41, 5.74) is 4.68. The number of carbonyl (C=O) groups excluding carboxylic acids is 2. The van der Waals surface area contributed by atoms with Gasteiger partial charge in [-0.05, 0) is 47.4 Å². The van der Waals surface area contributed by atoms with Gasteiger partial charge >= 0.3 is 6.09 Å². The van der Waals surface area contributed by atoms with Crippen LogP contribution < -0.4 is 9.47 Å². The number of hydrogen-bond acceptors (Lipinski definition) is 5. The second-order valence-corrected chi connectivity index (χ2v) is 8.83. The van der Waals surface area contributed by atoms with E-state index in [4.69, 9.17) is 14.2 Å². The molecular formula is C29H27NO5. The Morgan fingerprint density at radius 3 is 2.34 bits per heavy atom. The Morgan fingerprint density at radius 2 is 1.66 bits per heavy atom. The number of methoxy groups -OCH3 is 1. The summed E-state index contributed by atoms with van der Waals surface area (Å²) < 4.78 is 17.1. The van der Waals surface area contributed by atoms with Crippen molar-refractivity contribution in [3.05, 3.63) is 101 Å². The molecule has 0 saturated carbocycles. The van der Waals surface area contributed by atoms with Gasteiger partial charge in [0, 0.05) is 18.4 Å². The van der Waals surface area contributed by atoms with Crippen molar-refractivity contribution in [2.45, 2.75) is 31.9 Å². The molecule has 0 bridgehead atoms. The number of rotatable bonds is 6. The zero-order chi connectivity index (χ0) is 24.4. The van der Waals surface area contributed by atoms with E-state index in [0.29, 0.717) is 17.1 Å². The first-order valence-electron chi connectivity index (χ1n) is 11.7. The van der Waals surface area contributed by atoms with Crippen molar-refractivity contribution in [3.8, 4) is 11.5 Å². The number of amides is 2. The van der Waals surface area contributed by atoms with E-state index < -0.39 is 12.1 Å². The van der Waals surface area contributed by atoms with E-state index in [2.05, 4.69) is 12.1 Å². The smallest absolute Gasteiger partial charge is 0.417 e. The summed E-state index contributed by atoms with van der Waals surface area (Å²) in [4.78, 5) is 26.8. The fraction of sp³-hybridized carbons (Fsp3) is 0.241. The number of ether oxygens (including phenoxy) is 3. The average Bonchev–Trinajstić information content (AvgIpc) is 3.47. The number of imide groups is 1. The summed E-state index contributed by atoms with van der Waals surface area (Å²) in [6.45, 7) is 1.85. The molecule has 3 aromatic rings. The van der Waals surface area contributed by atoms with Crippen LogP contribution in [0.5, 0.6) is 11.5 Å². The largest absolute Gasteiger partial charge is 0.493 e. The van der Waals surface area contributed by atoms with Crippen molar-refractivity contribution in [2.75, 3.05) is 13.7 Å². The van der Waals surface area contributed by atoms with Crippen LogP contribution in [0.2, 0.25) is 0 Å². The van der Waals surface area contributed by atoms with Crippen LogP contribution in [0.3, 0.4) is 0 Å². The molecule has 1 saturated heterocycles. The molecule has 1 atom stereocenters. The Balaban J connectivity index is 1.36. The fourth-order valence-electron chi connectivity index (χ4n) is 4.72. The molecule has 1 fully saturated rings. The maximum absolute atomic E-state index is 13.3. The Kier molecular flexibility index (Phi) is 6.27. The minimum Gasteiger partial charge on any atom is -0.493 e. The third-order valence-corrected chi connectivity index (χ3v) is 6.49. The van der Waals surface area contributed by atoms with Crippen molar-refractivity contribution < 1.29 is 23.8 Å². The van der Waals surface area contributed by atoms with Crippen molar-refractivity contribution in [2.24, 2.45) is 0 Å². The maximum atomic E-state index is 13.3. The second kappa shape index (κ2) is 9.66. The zero-order valence-electron chi connectivity index (χ0n) is 19.8. The summed E-state index contributed by atoms with van der Waals surface area (Å²) in [7, 11) is 1.61. The third kappa shape index (κ3) is 4.64. The number of nitrogens with zero attached hydrogens (tertiary/aromatic N) is 1. The summed E-state index contributed by atoms with van der Waals surface area (Å²) >= 11 is 0. The molecule has 0 N–H and O–H groups in total. The standard InChI is InChI=1S/C29H27NO5/c1-19(28(31)30-25(18-34-29(30)32)21-8-4-3-5-9-21)14-20-12-13-26(33-2)27(15-20)35-24-16-22-10-6-7-11-23(22)17-24/h3-15,24-25H,16-18H2,1-2H3/t25-/m0/s1. The van der Waals surface area contributed by atoms with E-state index in [1.165, 1.54) is 16.0 Å². The van der Waals surface area contributed by atoms with Gasteiger partial charge in [0.05, 0.1) is 7.11 Å². The van der Waals surface area contributed by atoms with Crippen molar-refractivity contribution in [3.63, 3.8) is 0 Å². The van der Waals surface area contributed by atoms with Gasteiger partial charge in [-0.1, -0.05) is 60.7 Å². The first-order valence-corrected chi connectivity index (χ1v) is 11.7. The van der Waals surface area contributed by atoms with Crippen molar-refractivity contribution in [1.82, 2.24) is 4.90 Å². The first kappa shape index (κ1) is 22.7. The predicted molar refractivity (Wildman–Crippen MR) is 132 cm³/mol. The topological polar surface area (TPSA) is 65.1 Å². The highest BCUT2D eigenvalue weighted by Gasteiger charge is 2.39. The second-order valence-electron chi connectivity index (χ2n) is 8.83. The average molecular weight is 470 g/mol. The van der Waals surface area contributed by atoms with E-state index in [0.717, 1.165) is 24.0 Å². The molecule has 5 rings (SSSR count). The molecule has 2 amide bonds. The highest BCUT2D eigenvalue weighted by Crippen LogP contribution is 2.34. The van der Waals surface area contributed by atoms with Crippen LogP contribution in [-0.4, -0.2) is 36.7 Å². The van der Waals surface area contributed by atoms with Gasteiger partial charge in [-0.15, -0.1) is 0 Å². The number of cyclic esters (lactones) is 1. The summed E-state index contributed by atoms with van der Waals surface area (Å²) in [5, 5.41) is 0. The van der Waals surface area contributed by atoms with Gasteiger partial charge in [0.1, 0.15) is 18.8 Å². The van der Waals surface area contributed by atoms with Crippen LogP contribution >= 0.6 is 0 Å². The quantitative estimate of drug-likeness (QED) is 0.455. The molecule has 1 heterocycles. The van der Waals surface area contributed by atoms with Gasteiger partial charge < -0.3 is 14.2 Å². The molecule has 1 aliphatic heterocycles. The molecule has 3 aromatic carbocycles. The molecule has 6 heteroatoms. The van der Waals surface area contributed by atoms with Gasteiger partial charge in [0.25, 0.3) is 5.91 Å². The van der Waals surface area contributed by atoms with Crippen LogP contribution in [-0.2, 0) is 22.4 Å². The van der Waals surface area contributed by atoms with E-state index in [-0.39, 0.29) is 18.6 Å². The van der Waals surface area contributed by atoms with E-state index >= 15 is 0 Å². The molecule has 0 radical (unpaired) electrons. The molecule has 2 aliphatic rings. The third-order valence-electron chi connectivity index (χ3n) is 6.49. The van der Waals surface area contributed by atoms with Crippen LogP contribution in [0, 0.1) is 0 Å². The number of fused-ring (bicyclic) bond motifs is 1. The van der Waals surface area contributed by atoms with Gasteiger partial charge in [-0.3, -0.25) is 4.79 Å². The predicted octanol–water partition coefficient (Wildman–Crippen LogP) is 5.36. The Labute approximate surface area is 204 Å². The lowest BCUT2D eigenvalue weighted by Gasteiger charge is -2.20. The van der Waals surface area contributed by atoms with Crippen LogP contribution in [0.15, 0.2) is 78.4 Å². The first-order chi connectivity index (χ1) is 17.0. The molecule has 35 heavy (non-hydrogen) atoms. The molecule has 0 spiro atoms. The zero-order valence-corrected chi connectivity index (χ0v) is 19.8. The summed E-state index contributed by atoms with van der Waals surface area (Å²) in [6, 6.07) is 22.9. The molecular weight excluding hydrogens is 442 g/mol. The molecule has 178 valence electrons. The molecule has 0 aromatic heterocycles. The lowest BCUT2D eigenvalue weighted by atomic mass is 10.1. The normalized spacial score (nSPS) is 17.8. The highest BCUT2D eigenvalue weighted by molar-refractivity contribution is 6.05. The molecule has 1 aliphatic carbocycles. The summed E-state index contributed by atoms with van der Waals surface area (Å²) in [5.74, 6) is 0.877. The van der Waals surface area contributed by atoms with Crippen molar-refractivity contribution in [1.29, 1.82) is 0 Å². The maximum Gasteiger partial charge on any atom is 0.417 e. The van der Waals surface area contributed by atoms with Crippen LogP contribution in [0.1, 0.15) is 35.2 Å². The summed E-state index contributed by atoms with van der Waals surface area (Å²) in [6.07, 6.45) is 2.83. The van der Waals surface area contributed by atoms with Gasteiger partial charge in [0.15, 0.2) is 11.5 Å². The van der Waals surface area contributed by atoms with E-state index in [1.54, 1.807) is 20.1 Å². The van der Waals surface area contributed by atoms with Crippen LogP contribution in [0.25, 0.3) is 6.08 Å². The van der Waals surface area contributed by atoms with E-state index in [1.807, 2.05) is 60.7 Å². The van der Waals surface area contributed by atoms with Crippen LogP contribution in [0.4, 0.5) is 4.79 Å². The number of carbonyl (C=O) groups is 2. The Bertz CT molecular complexity index is 1260. The number of hydrogen-bond donors (Lipinski definition) is 0. The Hall–Kier alpha value is -4.06. The SMILES string of the molecule is COc1ccc(C=C(C)C(=O)N2C(=O)OC[C@H]2c2ccccc2)cc1OC1Cc2ccccc2C1. The van der Waals surface area contributed by atoms with Gasteiger partial charge in [-0.25, -0.2) is 9.69 Å². The highest BCUT2D eigenvalue weighted by atomic mass is 16.6. The monoisotopic (exact) mass is 469 g/mol. The minimum absolute atomic E-state index is 0.0225.